The number of aromatic nitrogens is 1. The molecule has 0 atom stereocenters. The van der Waals surface area contributed by atoms with Gasteiger partial charge in [-0.15, -0.1) is 0 Å². The SMILES string of the molecule is Cc1cccc(/C=N/N2CCOCC2)n1. The van der Waals surface area contributed by atoms with Crippen LogP contribution in [0, 0.1) is 6.92 Å². The lowest BCUT2D eigenvalue weighted by Crippen LogP contribution is -2.32. The second kappa shape index (κ2) is 4.89. The topological polar surface area (TPSA) is 37.7 Å². The number of nitrogens with zero attached hydrogens (tertiary/aromatic N) is 3. The van der Waals surface area contributed by atoms with Crippen molar-refractivity contribution in [2.45, 2.75) is 6.92 Å². The van der Waals surface area contributed by atoms with E-state index in [0.29, 0.717) is 0 Å². The average Bonchev–Trinajstić information content (AvgIpc) is 2.28. The van der Waals surface area contributed by atoms with Crippen molar-refractivity contribution in [1.82, 2.24) is 9.99 Å². The molecule has 0 bridgehead atoms. The molecule has 2 rings (SSSR count). The van der Waals surface area contributed by atoms with Gasteiger partial charge in [-0.2, -0.15) is 5.10 Å². The van der Waals surface area contributed by atoms with Crippen LogP contribution in [0.25, 0.3) is 0 Å². The van der Waals surface area contributed by atoms with Crippen LogP contribution in [0.2, 0.25) is 0 Å². The zero-order valence-corrected chi connectivity index (χ0v) is 8.89. The molecule has 1 aliphatic heterocycles. The summed E-state index contributed by atoms with van der Waals surface area (Å²) in [6, 6.07) is 5.92. The third kappa shape index (κ3) is 3.02. The maximum Gasteiger partial charge on any atom is 0.0833 e. The molecule has 0 aromatic carbocycles. The molecule has 0 radical (unpaired) electrons. The Morgan fingerprint density at radius 2 is 2.20 bits per heavy atom. The van der Waals surface area contributed by atoms with Gasteiger partial charge in [-0.3, -0.25) is 9.99 Å². The molecule has 0 amide bonds. The maximum absolute atomic E-state index is 5.24. The molecule has 4 nitrogen and oxygen atoms in total. The van der Waals surface area contributed by atoms with Crippen LogP contribution >= 0.6 is 0 Å². The Morgan fingerprint density at radius 1 is 1.40 bits per heavy atom. The van der Waals surface area contributed by atoms with E-state index in [1.807, 2.05) is 30.1 Å². The van der Waals surface area contributed by atoms with Gasteiger partial charge in [0.2, 0.25) is 0 Å². The average molecular weight is 205 g/mol. The summed E-state index contributed by atoms with van der Waals surface area (Å²) in [5.74, 6) is 0. The summed E-state index contributed by atoms with van der Waals surface area (Å²) in [6.45, 7) is 5.23. The highest BCUT2D eigenvalue weighted by atomic mass is 16.5. The van der Waals surface area contributed by atoms with Crippen LogP contribution in [0.1, 0.15) is 11.4 Å². The summed E-state index contributed by atoms with van der Waals surface area (Å²) in [6.07, 6.45) is 1.80. The maximum atomic E-state index is 5.24. The molecule has 15 heavy (non-hydrogen) atoms. The molecular formula is C11H15N3O. The molecule has 0 N–H and O–H groups in total. The number of aryl methyl sites for hydroxylation is 1. The summed E-state index contributed by atoms with van der Waals surface area (Å²) in [4.78, 5) is 4.35. The van der Waals surface area contributed by atoms with Crippen LogP contribution in [-0.4, -0.2) is 42.5 Å². The summed E-state index contributed by atoms with van der Waals surface area (Å²) in [5, 5.41) is 6.37. The third-order valence-corrected chi connectivity index (χ3v) is 2.25. The fourth-order valence-corrected chi connectivity index (χ4v) is 1.45. The van der Waals surface area contributed by atoms with Crippen molar-refractivity contribution in [2.75, 3.05) is 26.3 Å². The summed E-state index contributed by atoms with van der Waals surface area (Å²) in [7, 11) is 0. The second-order valence-electron chi connectivity index (χ2n) is 3.51. The minimum absolute atomic E-state index is 0.762. The van der Waals surface area contributed by atoms with E-state index in [0.717, 1.165) is 37.7 Å². The standard InChI is InChI=1S/C11H15N3O/c1-10-3-2-4-11(13-10)9-12-14-5-7-15-8-6-14/h2-4,9H,5-8H2,1H3/b12-9+. The zero-order valence-electron chi connectivity index (χ0n) is 8.89. The fourth-order valence-electron chi connectivity index (χ4n) is 1.45. The van der Waals surface area contributed by atoms with Crippen LogP contribution in [0.3, 0.4) is 0 Å². The minimum Gasteiger partial charge on any atom is -0.378 e. The minimum atomic E-state index is 0.762. The first kappa shape index (κ1) is 10.1. The van der Waals surface area contributed by atoms with Gasteiger partial charge in [-0.1, -0.05) is 6.07 Å². The predicted molar refractivity (Wildman–Crippen MR) is 59.0 cm³/mol. The lowest BCUT2D eigenvalue weighted by molar-refractivity contribution is 0.0396. The largest absolute Gasteiger partial charge is 0.378 e. The van der Waals surface area contributed by atoms with E-state index in [2.05, 4.69) is 10.1 Å². The van der Waals surface area contributed by atoms with Crippen LogP contribution < -0.4 is 0 Å². The van der Waals surface area contributed by atoms with Gasteiger partial charge in [0.25, 0.3) is 0 Å². The quantitative estimate of drug-likeness (QED) is 0.677. The third-order valence-electron chi connectivity index (χ3n) is 2.25. The number of hydrazone groups is 1. The summed E-state index contributed by atoms with van der Waals surface area (Å²) in [5.41, 5.74) is 1.92. The number of pyridine rings is 1. The molecule has 4 heteroatoms. The Kier molecular flexibility index (Phi) is 3.29. The zero-order chi connectivity index (χ0) is 10.5. The molecule has 80 valence electrons. The highest BCUT2D eigenvalue weighted by Gasteiger charge is 2.06. The molecule has 1 aliphatic rings. The lowest BCUT2D eigenvalue weighted by Gasteiger charge is -2.23. The Labute approximate surface area is 89.6 Å². The van der Waals surface area contributed by atoms with E-state index < -0.39 is 0 Å². The first-order valence-electron chi connectivity index (χ1n) is 5.15. The number of morpholine rings is 1. The second-order valence-corrected chi connectivity index (χ2v) is 3.51. The summed E-state index contributed by atoms with van der Waals surface area (Å²) < 4.78 is 5.24. The normalized spacial score (nSPS) is 17.3. The molecule has 0 spiro atoms. The lowest BCUT2D eigenvalue weighted by atomic mass is 10.3. The van der Waals surface area contributed by atoms with Crippen molar-refractivity contribution in [3.63, 3.8) is 0 Å². The van der Waals surface area contributed by atoms with E-state index in [1.54, 1.807) is 6.21 Å². The number of ether oxygens (including phenoxy) is 1. The predicted octanol–water partition coefficient (Wildman–Crippen LogP) is 1.06. The molecule has 0 unspecified atom stereocenters. The van der Waals surface area contributed by atoms with Crippen molar-refractivity contribution in [3.05, 3.63) is 29.6 Å². The molecule has 0 saturated carbocycles. The van der Waals surface area contributed by atoms with Gasteiger partial charge < -0.3 is 4.74 Å². The van der Waals surface area contributed by atoms with Crippen LogP contribution in [0.4, 0.5) is 0 Å². The van der Waals surface area contributed by atoms with Crippen molar-refractivity contribution in [1.29, 1.82) is 0 Å². The Bertz CT molecular complexity index is 345. The van der Waals surface area contributed by atoms with E-state index in [9.17, 15) is 0 Å². The molecule has 2 heterocycles. The van der Waals surface area contributed by atoms with Gasteiger partial charge in [0.05, 0.1) is 38.2 Å². The smallest absolute Gasteiger partial charge is 0.0833 e. The van der Waals surface area contributed by atoms with Gasteiger partial charge in [0, 0.05) is 5.69 Å². The first-order valence-corrected chi connectivity index (χ1v) is 5.15. The van der Waals surface area contributed by atoms with Crippen molar-refractivity contribution < 1.29 is 4.74 Å². The number of hydrogen-bond acceptors (Lipinski definition) is 4. The number of rotatable bonds is 2. The molecular weight excluding hydrogens is 190 g/mol. The molecule has 1 fully saturated rings. The monoisotopic (exact) mass is 205 g/mol. The van der Waals surface area contributed by atoms with Crippen molar-refractivity contribution in [2.24, 2.45) is 5.10 Å². The Morgan fingerprint density at radius 3 is 2.93 bits per heavy atom. The van der Waals surface area contributed by atoms with Gasteiger partial charge in [-0.25, -0.2) is 0 Å². The molecule has 1 aromatic heterocycles. The fraction of sp³-hybridized carbons (Fsp3) is 0.455. The van der Waals surface area contributed by atoms with Gasteiger partial charge >= 0.3 is 0 Å². The van der Waals surface area contributed by atoms with Gasteiger partial charge in [-0.05, 0) is 19.1 Å². The summed E-state index contributed by atoms with van der Waals surface area (Å²) >= 11 is 0. The molecule has 1 aromatic rings. The highest BCUT2D eigenvalue weighted by Crippen LogP contribution is 1.99. The Balaban J connectivity index is 1.97. The van der Waals surface area contributed by atoms with E-state index in [4.69, 9.17) is 4.74 Å². The Hall–Kier alpha value is -1.42. The van der Waals surface area contributed by atoms with Gasteiger partial charge in [0.1, 0.15) is 0 Å². The van der Waals surface area contributed by atoms with Crippen LogP contribution in [0.5, 0.6) is 0 Å². The van der Waals surface area contributed by atoms with E-state index >= 15 is 0 Å². The first-order chi connectivity index (χ1) is 7.34. The van der Waals surface area contributed by atoms with Crippen molar-refractivity contribution >= 4 is 6.21 Å². The highest BCUT2D eigenvalue weighted by molar-refractivity contribution is 5.76. The molecule has 0 aliphatic carbocycles. The van der Waals surface area contributed by atoms with E-state index in [1.165, 1.54) is 0 Å². The van der Waals surface area contributed by atoms with Gasteiger partial charge in [0.15, 0.2) is 0 Å². The van der Waals surface area contributed by atoms with E-state index in [-0.39, 0.29) is 0 Å². The van der Waals surface area contributed by atoms with Crippen LogP contribution in [0.15, 0.2) is 23.3 Å². The molecule has 1 saturated heterocycles. The van der Waals surface area contributed by atoms with Crippen LogP contribution in [-0.2, 0) is 4.74 Å². The number of hydrogen-bond donors (Lipinski definition) is 0. The van der Waals surface area contributed by atoms with Crippen molar-refractivity contribution in [3.8, 4) is 0 Å².